The molecule has 0 radical (unpaired) electrons. The molecule has 0 aliphatic carbocycles. The Balaban J connectivity index is 2.00. The highest BCUT2D eigenvalue weighted by Gasteiger charge is 2.27. The average molecular weight is 282 g/mol. The van der Waals surface area contributed by atoms with Crippen LogP contribution in [0.2, 0.25) is 0 Å². The van der Waals surface area contributed by atoms with E-state index in [-0.39, 0.29) is 24.4 Å². The van der Waals surface area contributed by atoms with Crippen molar-refractivity contribution in [2.45, 2.75) is 25.4 Å². The van der Waals surface area contributed by atoms with E-state index in [1.165, 1.54) is 0 Å². The van der Waals surface area contributed by atoms with Crippen molar-refractivity contribution in [3.63, 3.8) is 0 Å². The van der Waals surface area contributed by atoms with E-state index in [2.05, 4.69) is 0 Å². The van der Waals surface area contributed by atoms with Gasteiger partial charge in [0.05, 0.1) is 12.0 Å². The second-order valence-electron chi connectivity index (χ2n) is 5.32. The first-order valence-electron chi connectivity index (χ1n) is 6.87. The highest BCUT2D eigenvalue weighted by atomic mass is 16.3. The molecule has 0 heterocycles. The predicted molar refractivity (Wildman–Crippen MR) is 81.0 cm³/mol. The van der Waals surface area contributed by atoms with E-state index in [1.807, 2.05) is 24.3 Å². The Bertz CT molecular complexity index is 615. The van der Waals surface area contributed by atoms with Crippen molar-refractivity contribution in [3.8, 4) is 0 Å². The van der Waals surface area contributed by atoms with E-state index in [0.717, 1.165) is 0 Å². The van der Waals surface area contributed by atoms with Gasteiger partial charge in [-0.25, -0.2) is 0 Å². The number of benzene rings is 2. The van der Waals surface area contributed by atoms with Crippen LogP contribution in [0, 0.1) is 0 Å². The van der Waals surface area contributed by atoms with Crippen LogP contribution < -0.4 is 0 Å². The molecule has 0 saturated carbocycles. The van der Waals surface area contributed by atoms with Crippen molar-refractivity contribution in [3.05, 3.63) is 71.8 Å². The number of aliphatic hydroxyl groups is 1. The minimum Gasteiger partial charge on any atom is -0.385 e. The second-order valence-corrected chi connectivity index (χ2v) is 5.32. The second kappa shape index (κ2) is 6.46. The third kappa shape index (κ3) is 4.10. The molecule has 0 fully saturated rings. The molecule has 0 amide bonds. The molecule has 0 spiro atoms. The van der Waals surface area contributed by atoms with Gasteiger partial charge in [0.15, 0.2) is 5.78 Å². The number of carbonyl (C=O) groups is 2. The number of Topliss-reactive ketones (excluding diaryl/α,β-unsaturated/α-hetero) is 2. The maximum absolute atomic E-state index is 12.0. The van der Waals surface area contributed by atoms with Crippen molar-refractivity contribution in [1.82, 2.24) is 0 Å². The highest BCUT2D eigenvalue weighted by molar-refractivity contribution is 6.08. The first-order valence-corrected chi connectivity index (χ1v) is 6.87. The predicted octanol–water partition coefficient (Wildman–Crippen LogP) is 3.13. The Kier molecular flexibility index (Phi) is 4.66. The summed E-state index contributed by atoms with van der Waals surface area (Å²) >= 11 is 0. The molecule has 3 heteroatoms. The molecule has 0 bridgehead atoms. The molecular formula is C18H18O3. The van der Waals surface area contributed by atoms with Crippen LogP contribution in [0.3, 0.4) is 0 Å². The largest absolute Gasteiger partial charge is 0.385 e. The summed E-state index contributed by atoms with van der Waals surface area (Å²) in [5.74, 6) is -0.484. The van der Waals surface area contributed by atoms with Crippen molar-refractivity contribution < 1.29 is 14.7 Å². The SMILES string of the molecule is C[C@](O)(CC(=O)CC(=O)c1ccccc1)c1ccccc1. The van der Waals surface area contributed by atoms with E-state index >= 15 is 0 Å². The molecule has 2 rings (SSSR count). The normalized spacial score (nSPS) is 13.4. The zero-order chi connectivity index (χ0) is 15.3. The van der Waals surface area contributed by atoms with E-state index < -0.39 is 5.60 Å². The lowest BCUT2D eigenvalue weighted by atomic mass is 9.89. The van der Waals surface area contributed by atoms with Gasteiger partial charge in [-0.2, -0.15) is 0 Å². The van der Waals surface area contributed by atoms with Gasteiger partial charge in [-0.05, 0) is 12.5 Å². The van der Waals surface area contributed by atoms with Crippen LogP contribution in [0.4, 0.5) is 0 Å². The lowest BCUT2D eigenvalue weighted by molar-refractivity contribution is -0.122. The molecule has 0 aliphatic rings. The minimum absolute atomic E-state index is 0.0738. The van der Waals surface area contributed by atoms with Crippen LogP contribution >= 0.6 is 0 Å². The summed E-state index contributed by atoms with van der Waals surface area (Å²) in [7, 11) is 0. The quantitative estimate of drug-likeness (QED) is 0.654. The van der Waals surface area contributed by atoms with Crippen LogP contribution in [0.15, 0.2) is 60.7 Å². The molecule has 0 aromatic heterocycles. The third-order valence-corrected chi connectivity index (χ3v) is 3.39. The lowest BCUT2D eigenvalue weighted by Gasteiger charge is -2.22. The summed E-state index contributed by atoms with van der Waals surface area (Å²) in [4.78, 5) is 24.0. The van der Waals surface area contributed by atoms with Crippen LogP contribution in [0.1, 0.15) is 35.7 Å². The summed E-state index contributed by atoms with van der Waals surface area (Å²) in [6.07, 6.45) is -0.261. The summed E-state index contributed by atoms with van der Waals surface area (Å²) < 4.78 is 0. The zero-order valence-corrected chi connectivity index (χ0v) is 12.0. The fourth-order valence-corrected chi connectivity index (χ4v) is 2.25. The first-order chi connectivity index (χ1) is 9.99. The number of hydrogen-bond donors (Lipinski definition) is 1. The summed E-state index contributed by atoms with van der Waals surface area (Å²) in [6.45, 7) is 1.59. The van der Waals surface area contributed by atoms with Gasteiger partial charge >= 0.3 is 0 Å². The van der Waals surface area contributed by atoms with Crippen molar-refractivity contribution in [2.24, 2.45) is 0 Å². The highest BCUT2D eigenvalue weighted by Crippen LogP contribution is 2.25. The Morgan fingerprint density at radius 1 is 0.952 bits per heavy atom. The Morgan fingerprint density at radius 3 is 2.05 bits per heavy atom. The molecular weight excluding hydrogens is 264 g/mol. The topological polar surface area (TPSA) is 54.4 Å². The van der Waals surface area contributed by atoms with E-state index in [4.69, 9.17) is 0 Å². The van der Waals surface area contributed by atoms with Gasteiger partial charge in [0.2, 0.25) is 0 Å². The van der Waals surface area contributed by atoms with E-state index in [0.29, 0.717) is 11.1 Å². The van der Waals surface area contributed by atoms with Crippen LogP contribution in [0.5, 0.6) is 0 Å². The monoisotopic (exact) mass is 282 g/mol. The Hall–Kier alpha value is -2.26. The molecule has 108 valence electrons. The maximum Gasteiger partial charge on any atom is 0.170 e. The number of rotatable bonds is 6. The zero-order valence-electron chi connectivity index (χ0n) is 12.0. The summed E-state index contributed by atoms with van der Waals surface area (Å²) in [6, 6.07) is 17.7. The molecule has 0 saturated heterocycles. The number of ketones is 2. The van der Waals surface area contributed by atoms with Gasteiger partial charge in [-0.15, -0.1) is 0 Å². The summed E-state index contributed by atoms with van der Waals surface area (Å²) in [5, 5.41) is 10.4. The fourth-order valence-electron chi connectivity index (χ4n) is 2.25. The van der Waals surface area contributed by atoms with Gasteiger partial charge in [0.1, 0.15) is 5.78 Å². The molecule has 3 nitrogen and oxygen atoms in total. The number of hydrogen-bond acceptors (Lipinski definition) is 3. The Labute approximate surface area is 124 Å². The van der Waals surface area contributed by atoms with Gasteiger partial charge < -0.3 is 5.11 Å². The van der Waals surface area contributed by atoms with Gasteiger partial charge in [-0.1, -0.05) is 60.7 Å². The molecule has 1 atom stereocenters. The maximum atomic E-state index is 12.0. The summed E-state index contributed by atoms with van der Waals surface area (Å²) in [5.41, 5.74) is -0.0642. The van der Waals surface area contributed by atoms with Crippen LogP contribution in [0.25, 0.3) is 0 Å². The average Bonchev–Trinajstić information content (AvgIpc) is 2.48. The fraction of sp³-hybridized carbons (Fsp3) is 0.222. The van der Waals surface area contributed by atoms with E-state index in [9.17, 15) is 14.7 Å². The first kappa shape index (κ1) is 15.1. The lowest BCUT2D eigenvalue weighted by Crippen LogP contribution is -2.26. The molecule has 2 aromatic carbocycles. The van der Waals surface area contributed by atoms with E-state index in [1.54, 1.807) is 43.3 Å². The molecule has 0 aliphatic heterocycles. The van der Waals surface area contributed by atoms with Crippen molar-refractivity contribution in [2.75, 3.05) is 0 Å². The molecule has 0 unspecified atom stereocenters. The van der Waals surface area contributed by atoms with Crippen molar-refractivity contribution in [1.29, 1.82) is 0 Å². The van der Waals surface area contributed by atoms with Gasteiger partial charge in [-0.3, -0.25) is 9.59 Å². The van der Waals surface area contributed by atoms with Gasteiger partial charge in [0, 0.05) is 12.0 Å². The number of carbonyl (C=O) groups excluding carboxylic acids is 2. The van der Waals surface area contributed by atoms with Crippen LogP contribution in [-0.4, -0.2) is 16.7 Å². The molecule has 21 heavy (non-hydrogen) atoms. The standard InChI is InChI=1S/C18H18O3/c1-18(21,15-10-6-3-7-11-15)13-16(19)12-17(20)14-8-4-2-5-9-14/h2-11,21H,12-13H2,1H3/t18-/m0/s1. The molecule has 2 aromatic rings. The van der Waals surface area contributed by atoms with Crippen LogP contribution in [-0.2, 0) is 10.4 Å². The third-order valence-electron chi connectivity index (χ3n) is 3.39. The van der Waals surface area contributed by atoms with Gasteiger partial charge in [0.25, 0.3) is 0 Å². The smallest absolute Gasteiger partial charge is 0.170 e. The Morgan fingerprint density at radius 2 is 1.48 bits per heavy atom. The van der Waals surface area contributed by atoms with Crippen molar-refractivity contribution >= 4 is 11.6 Å². The minimum atomic E-state index is -1.25. The molecule has 1 N–H and O–H groups in total.